The van der Waals surface area contributed by atoms with Gasteiger partial charge in [0, 0.05) is 47.8 Å². The van der Waals surface area contributed by atoms with E-state index in [2.05, 4.69) is 5.32 Å². The van der Waals surface area contributed by atoms with E-state index in [0.717, 1.165) is 18.7 Å². The van der Waals surface area contributed by atoms with E-state index in [1.165, 1.54) is 6.07 Å². The molecule has 0 amide bonds. The van der Waals surface area contributed by atoms with Gasteiger partial charge in [0.1, 0.15) is 5.82 Å². The molecule has 2 aliphatic rings. The van der Waals surface area contributed by atoms with E-state index in [-0.39, 0.29) is 17.3 Å². The number of hydrogen-bond acceptors (Lipinski definition) is 2. The number of aromatic nitrogens is 1. The zero-order chi connectivity index (χ0) is 15.3. The van der Waals surface area contributed by atoms with Crippen LogP contribution in [0, 0.1) is 5.82 Å². The molecule has 0 saturated carbocycles. The lowest BCUT2D eigenvalue weighted by Crippen LogP contribution is -2.55. The second-order valence-electron chi connectivity index (χ2n) is 6.31. The third-order valence-corrected chi connectivity index (χ3v) is 5.19. The summed E-state index contributed by atoms with van der Waals surface area (Å²) in [4.78, 5) is 12.2. The Hall–Kier alpha value is -1.65. The second-order valence-corrected chi connectivity index (χ2v) is 6.75. The highest BCUT2D eigenvalue weighted by atomic mass is 35.5. The van der Waals surface area contributed by atoms with E-state index in [9.17, 15) is 9.18 Å². The van der Waals surface area contributed by atoms with Gasteiger partial charge in [-0.1, -0.05) is 23.7 Å². The van der Waals surface area contributed by atoms with E-state index >= 15 is 0 Å². The molecule has 1 fully saturated rings. The number of rotatable bonds is 1. The van der Waals surface area contributed by atoms with Crippen LogP contribution < -0.4 is 10.9 Å². The summed E-state index contributed by atoms with van der Waals surface area (Å²) in [5, 5.41) is 3.81. The van der Waals surface area contributed by atoms with E-state index in [1.807, 2.05) is 10.6 Å². The van der Waals surface area contributed by atoms with Crippen LogP contribution in [-0.2, 0) is 12.0 Å². The lowest BCUT2D eigenvalue weighted by atomic mass is 9.68. The number of fused-ring (bicyclic) bond motifs is 4. The van der Waals surface area contributed by atoms with Crippen LogP contribution in [0.4, 0.5) is 4.39 Å². The number of halogens is 2. The van der Waals surface area contributed by atoms with Crippen molar-refractivity contribution in [3.63, 3.8) is 0 Å². The first-order valence-corrected chi connectivity index (χ1v) is 7.83. The molecule has 114 valence electrons. The largest absolute Gasteiger partial charge is 0.315 e. The summed E-state index contributed by atoms with van der Waals surface area (Å²) >= 11 is 5.88. The zero-order valence-corrected chi connectivity index (χ0v) is 12.7. The van der Waals surface area contributed by atoms with Gasteiger partial charge in [0.15, 0.2) is 0 Å². The fraction of sp³-hybridized carbons (Fsp3) is 0.353. The standard InChI is InChI=1S/C17H16ClFN2O/c18-12-4-5-13(14(19)6-12)17-7-11(8-20-9-17)15-2-1-3-16(22)21(15)10-17/h1-6,11,20H,7-10H2/t11-,17-/m1/s1. The molecule has 0 aliphatic carbocycles. The number of nitrogens with zero attached hydrogens (tertiary/aromatic N) is 1. The van der Waals surface area contributed by atoms with Crippen molar-refractivity contribution >= 4 is 11.6 Å². The Morgan fingerprint density at radius 2 is 2.18 bits per heavy atom. The quantitative estimate of drug-likeness (QED) is 0.877. The summed E-state index contributed by atoms with van der Waals surface area (Å²) in [5.41, 5.74) is 1.29. The lowest BCUT2D eigenvalue weighted by molar-refractivity contribution is 0.202. The SMILES string of the molecule is O=c1cccc2n1C[C@]1(c3ccc(Cl)cc3F)CNC[C@H]2C1. The zero-order valence-electron chi connectivity index (χ0n) is 12.0. The fourth-order valence-electron chi connectivity index (χ4n) is 4.01. The fourth-order valence-corrected chi connectivity index (χ4v) is 4.16. The molecule has 1 aromatic heterocycles. The first-order chi connectivity index (χ1) is 10.6. The van der Waals surface area contributed by atoms with Crippen molar-refractivity contribution in [2.45, 2.75) is 24.3 Å². The Bertz CT molecular complexity index is 803. The molecule has 3 nitrogen and oxygen atoms in total. The maximum atomic E-state index is 14.5. The van der Waals surface area contributed by atoms with Crippen molar-refractivity contribution in [2.24, 2.45) is 0 Å². The Kier molecular flexibility index (Phi) is 3.13. The Morgan fingerprint density at radius 3 is 3.00 bits per heavy atom. The normalized spacial score (nSPS) is 26.5. The average Bonchev–Trinajstić information content (AvgIpc) is 2.49. The van der Waals surface area contributed by atoms with Crippen molar-refractivity contribution in [1.29, 1.82) is 0 Å². The first kappa shape index (κ1) is 14.0. The van der Waals surface area contributed by atoms with E-state index in [0.29, 0.717) is 23.7 Å². The van der Waals surface area contributed by atoms with E-state index in [4.69, 9.17) is 11.6 Å². The molecule has 0 radical (unpaired) electrons. The van der Waals surface area contributed by atoms with Gasteiger partial charge < -0.3 is 9.88 Å². The lowest BCUT2D eigenvalue weighted by Gasteiger charge is -2.47. The minimum Gasteiger partial charge on any atom is -0.315 e. The molecular weight excluding hydrogens is 303 g/mol. The van der Waals surface area contributed by atoms with Crippen LogP contribution in [0.1, 0.15) is 23.6 Å². The van der Waals surface area contributed by atoms with Crippen molar-refractivity contribution in [3.05, 3.63) is 68.8 Å². The number of piperidine rings is 1. The number of benzene rings is 1. The highest BCUT2D eigenvalue weighted by molar-refractivity contribution is 6.30. The summed E-state index contributed by atoms with van der Waals surface area (Å²) in [6, 6.07) is 10.2. The average molecular weight is 319 g/mol. The third kappa shape index (κ3) is 2.02. The summed E-state index contributed by atoms with van der Waals surface area (Å²) in [6.07, 6.45) is 0.849. The molecule has 2 bridgehead atoms. The Morgan fingerprint density at radius 1 is 1.32 bits per heavy atom. The minimum atomic E-state index is -0.393. The maximum Gasteiger partial charge on any atom is 0.250 e. The number of nitrogens with one attached hydrogen (secondary N) is 1. The molecule has 2 atom stereocenters. The Labute approximate surface area is 132 Å². The Balaban J connectivity index is 1.89. The van der Waals surface area contributed by atoms with E-state index in [1.54, 1.807) is 24.3 Å². The van der Waals surface area contributed by atoms with Crippen molar-refractivity contribution < 1.29 is 4.39 Å². The molecule has 1 aromatic carbocycles. The first-order valence-electron chi connectivity index (χ1n) is 7.45. The van der Waals surface area contributed by atoms with Gasteiger partial charge in [-0.25, -0.2) is 4.39 Å². The van der Waals surface area contributed by atoms with Crippen LogP contribution in [0.15, 0.2) is 41.2 Å². The highest BCUT2D eigenvalue weighted by Gasteiger charge is 2.44. The third-order valence-electron chi connectivity index (χ3n) is 4.96. The molecule has 0 spiro atoms. The molecule has 3 heterocycles. The minimum absolute atomic E-state index is 0.0113. The maximum absolute atomic E-state index is 14.5. The van der Waals surface area contributed by atoms with Crippen LogP contribution in [0.3, 0.4) is 0 Å². The highest BCUT2D eigenvalue weighted by Crippen LogP contribution is 2.43. The summed E-state index contributed by atoms with van der Waals surface area (Å²) in [5.74, 6) is -0.0612. The molecule has 1 saturated heterocycles. The predicted molar refractivity (Wildman–Crippen MR) is 84.0 cm³/mol. The van der Waals surface area contributed by atoms with Gasteiger partial charge in [0.25, 0.3) is 5.56 Å². The molecule has 5 heteroatoms. The van der Waals surface area contributed by atoms with Crippen molar-refractivity contribution in [2.75, 3.05) is 13.1 Å². The summed E-state index contributed by atoms with van der Waals surface area (Å²) < 4.78 is 16.3. The molecular formula is C17H16ClFN2O. The topological polar surface area (TPSA) is 34.0 Å². The summed E-state index contributed by atoms with van der Waals surface area (Å²) in [7, 11) is 0. The van der Waals surface area contributed by atoms with Gasteiger partial charge in [-0.2, -0.15) is 0 Å². The van der Waals surface area contributed by atoms with Crippen molar-refractivity contribution in [1.82, 2.24) is 9.88 Å². The van der Waals surface area contributed by atoms with Gasteiger partial charge in [-0.05, 0) is 30.2 Å². The number of pyridine rings is 1. The molecule has 2 aromatic rings. The van der Waals surface area contributed by atoms with Gasteiger partial charge >= 0.3 is 0 Å². The molecule has 4 rings (SSSR count). The van der Waals surface area contributed by atoms with Crippen LogP contribution in [0.2, 0.25) is 5.02 Å². The van der Waals surface area contributed by atoms with E-state index < -0.39 is 5.41 Å². The van der Waals surface area contributed by atoms with Gasteiger partial charge in [-0.15, -0.1) is 0 Å². The van der Waals surface area contributed by atoms with Gasteiger partial charge in [-0.3, -0.25) is 4.79 Å². The monoisotopic (exact) mass is 318 g/mol. The summed E-state index contributed by atoms with van der Waals surface area (Å²) in [6.45, 7) is 1.99. The number of hydrogen-bond donors (Lipinski definition) is 1. The molecule has 1 N–H and O–H groups in total. The van der Waals surface area contributed by atoms with Crippen molar-refractivity contribution in [3.8, 4) is 0 Å². The van der Waals surface area contributed by atoms with Crippen LogP contribution in [0.25, 0.3) is 0 Å². The molecule has 2 aliphatic heterocycles. The smallest absolute Gasteiger partial charge is 0.250 e. The molecule has 22 heavy (non-hydrogen) atoms. The van der Waals surface area contributed by atoms with Crippen LogP contribution in [-0.4, -0.2) is 17.7 Å². The van der Waals surface area contributed by atoms with Gasteiger partial charge in [0.2, 0.25) is 0 Å². The predicted octanol–water partition coefficient (Wildman–Crippen LogP) is 2.67. The second kappa shape index (κ2) is 4.93. The van der Waals surface area contributed by atoms with Crippen LogP contribution >= 0.6 is 11.6 Å². The van der Waals surface area contributed by atoms with Gasteiger partial charge in [0.05, 0.1) is 0 Å². The molecule has 0 unspecified atom stereocenters. The van der Waals surface area contributed by atoms with Crippen LogP contribution in [0.5, 0.6) is 0 Å².